The predicted octanol–water partition coefficient (Wildman–Crippen LogP) is 4.05. The molecule has 0 fully saturated rings. The van der Waals surface area contributed by atoms with Crippen LogP contribution in [-0.2, 0) is 6.42 Å². The molecule has 144 valence electrons. The van der Waals surface area contributed by atoms with Gasteiger partial charge >= 0.3 is 0 Å². The summed E-state index contributed by atoms with van der Waals surface area (Å²) in [6.07, 6.45) is 3.89. The topological polar surface area (TPSA) is 85.4 Å². The van der Waals surface area contributed by atoms with E-state index in [0.29, 0.717) is 28.7 Å². The monoisotopic (exact) mass is 378 g/mol. The number of anilines is 3. The van der Waals surface area contributed by atoms with Gasteiger partial charge in [-0.3, -0.25) is 4.79 Å². The maximum Gasteiger partial charge on any atom is 0.258 e. The maximum atomic E-state index is 12.4. The van der Waals surface area contributed by atoms with Gasteiger partial charge in [-0.25, -0.2) is 9.97 Å². The van der Waals surface area contributed by atoms with E-state index in [2.05, 4.69) is 27.5 Å². The molecule has 0 aliphatic rings. The molecule has 7 nitrogen and oxygen atoms in total. The number of ether oxygens (including phenoxy) is 2. The van der Waals surface area contributed by atoms with Crippen molar-refractivity contribution in [1.82, 2.24) is 9.97 Å². The minimum atomic E-state index is -0.269. The van der Waals surface area contributed by atoms with Gasteiger partial charge in [0.05, 0.1) is 25.5 Å². The minimum absolute atomic E-state index is 0.269. The maximum absolute atomic E-state index is 12.4. The van der Waals surface area contributed by atoms with Gasteiger partial charge in [0.1, 0.15) is 11.5 Å². The number of nitrogens with one attached hydrogen (secondary N) is 2. The fourth-order valence-corrected chi connectivity index (χ4v) is 2.57. The molecule has 0 radical (unpaired) electrons. The van der Waals surface area contributed by atoms with Crippen molar-refractivity contribution in [2.24, 2.45) is 0 Å². The first kappa shape index (κ1) is 19.2. The Hall–Kier alpha value is -3.61. The lowest BCUT2D eigenvalue weighted by atomic mass is 10.1. The highest BCUT2D eigenvalue weighted by Crippen LogP contribution is 2.30. The number of hydrogen-bond donors (Lipinski definition) is 2. The summed E-state index contributed by atoms with van der Waals surface area (Å²) < 4.78 is 10.5. The summed E-state index contributed by atoms with van der Waals surface area (Å²) >= 11 is 0. The van der Waals surface area contributed by atoms with E-state index >= 15 is 0 Å². The number of aromatic nitrogens is 2. The molecule has 0 atom stereocenters. The fourth-order valence-electron chi connectivity index (χ4n) is 2.57. The zero-order chi connectivity index (χ0) is 19.9. The SMILES string of the molecule is CCc1ccc(NC(=O)c2cnc(Nc3cc(OC)ccc3OC)nc2)cc1. The van der Waals surface area contributed by atoms with Crippen LogP contribution in [0.2, 0.25) is 0 Å². The molecule has 0 aliphatic carbocycles. The third-order valence-corrected chi connectivity index (χ3v) is 4.19. The van der Waals surface area contributed by atoms with Crippen LogP contribution in [0.15, 0.2) is 54.9 Å². The number of nitrogens with zero attached hydrogens (tertiary/aromatic N) is 2. The van der Waals surface area contributed by atoms with Gasteiger partial charge in [-0.15, -0.1) is 0 Å². The van der Waals surface area contributed by atoms with Crippen LogP contribution in [0.3, 0.4) is 0 Å². The normalized spacial score (nSPS) is 10.2. The molecular formula is C21H22N4O3. The summed E-state index contributed by atoms with van der Waals surface area (Å²) in [5.74, 6) is 1.38. The fraction of sp³-hybridized carbons (Fsp3) is 0.190. The Morgan fingerprint density at radius 1 is 1.00 bits per heavy atom. The number of rotatable bonds is 7. The molecule has 28 heavy (non-hydrogen) atoms. The van der Waals surface area contributed by atoms with Gasteiger partial charge in [0.25, 0.3) is 5.91 Å². The molecule has 3 aromatic rings. The molecule has 7 heteroatoms. The highest BCUT2D eigenvalue weighted by molar-refractivity contribution is 6.03. The van der Waals surface area contributed by atoms with Crippen molar-refractivity contribution in [3.8, 4) is 11.5 Å². The number of hydrogen-bond acceptors (Lipinski definition) is 6. The summed E-state index contributed by atoms with van der Waals surface area (Å²) in [7, 11) is 3.17. The Kier molecular flexibility index (Phi) is 6.06. The Morgan fingerprint density at radius 2 is 1.71 bits per heavy atom. The molecule has 0 aliphatic heterocycles. The number of methoxy groups -OCH3 is 2. The third-order valence-electron chi connectivity index (χ3n) is 4.19. The largest absolute Gasteiger partial charge is 0.497 e. The molecule has 0 saturated carbocycles. The van der Waals surface area contributed by atoms with E-state index in [0.717, 1.165) is 12.1 Å². The smallest absolute Gasteiger partial charge is 0.258 e. The zero-order valence-corrected chi connectivity index (χ0v) is 16.0. The van der Waals surface area contributed by atoms with Crippen LogP contribution in [0.25, 0.3) is 0 Å². The molecule has 2 N–H and O–H groups in total. The quantitative estimate of drug-likeness (QED) is 0.645. The zero-order valence-electron chi connectivity index (χ0n) is 16.0. The summed E-state index contributed by atoms with van der Waals surface area (Å²) in [6, 6.07) is 13.1. The van der Waals surface area contributed by atoms with Crippen molar-refractivity contribution < 1.29 is 14.3 Å². The number of carbonyl (C=O) groups is 1. The lowest BCUT2D eigenvalue weighted by molar-refractivity contribution is 0.102. The van der Waals surface area contributed by atoms with E-state index < -0.39 is 0 Å². The van der Waals surface area contributed by atoms with Gasteiger partial charge < -0.3 is 20.1 Å². The Morgan fingerprint density at radius 3 is 2.32 bits per heavy atom. The Bertz CT molecular complexity index is 941. The molecule has 0 bridgehead atoms. The summed E-state index contributed by atoms with van der Waals surface area (Å²) in [5.41, 5.74) is 2.97. The standard InChI is InChI=1S/C21H22N4O3/c1-4-14-5-7-16(8-6-14)24-20(26)15-12-22-21(23-13-15)25-18-11-17(27-2)9-10-19(18)28-3/h5-13H,4H2,1-3H3,(H,24,26)(H,22,23,25). The lowest BCUT2D eigenvalue weighted by Gasteiger charge is -2.11. The predicted molar refractivity (Wildman–Crippen MR) is 109 cm³/mol. The molecule has 1 aromatic heterocycles. The average molecular weight is 378 g/mol. The van der Waals surface area contributed by atoms with E-state index in [1.54, 1.807) is 32.4 Å². The number of benzene rings is 2. The molecular weight excluding hydrogens is 356 g/mol. The van der Waals surface area contributed by atoms with Gasteiger partial charge in [0.15, 0.2) is 0 Å². The van der Waals surface area contributed by atoms with E-state index in [1.807, 2.05) is 24.3 Å². The Balaban J connectivity index is 1.70. The summed E-state index contributed by atoms with van der Waals surface area (Å²) in [6.45, 7) is 2.08. The molecule has 0 saturated heterocycles. The van der Waals surface area contributed by atoms with Gasteiger partial charge in [-0.2, -0.15) is 0 Å². The lowest BCUT2D eigenvalue weighted by Crippen LogP contribution is -2.13. The first-order valence-electron chi connectivity index (χ1n) is 8.84. The summed E-state index contributed by atoms with van der Waals surface area (Å²) in [4.78, 5) is 20.8. The average Bonchev–Trinajstić information content (AvgIpc) is 2.74. The Labute approximate surface area is 163 Å². The first-order chi connectivity index (χ1) is 13.6. The molecule has 3 rings (SSSR count). The number of aryl methyl sites for hydroxylation is 1. The van der Waals surface area contributed by atoms with Crippen LogP contribution < -0.4 is 20.1 Å². The van der Waals surface area contributed by atoms with Crippen LogP contribution in [-0.4, -0.2) is 30.1 Å². The molecule has 1 amide bonds. The summed E-state index contributed by atoms with van der Waals surface area (Å²) in [5, 5.41) is 5.90. The highest BCUT2D eigenvalue weighted by atomic mass is 16.5. The van der Waals surface area contributed by atoms with Crippen LogP contribution in [0.4, 0.5) is 17.3 Å². The van der Waals surface area contributed by atoms with Crippen LogP contribution in [0, 0.1) is 0 Å². The van der Waals surface area contributed by atoms with Gasteiger partial charge in [0, 0.05) is 24.1 Å². The molecule has 1 heterocycles. The minimum Gasteiger partial charge on any atom is -0.497 e. The van der Waals surface area contributed by atoms with Crippen LogP contribution in [0.5, 0.6) is 11.5 Å². The second-order valence-electron chi connectivity index (χ2n) is 5.99. The van der Waals surface area contributed by atoms with E-state index in [9.17, 15) is 4.79 Å². The van der Waals surface area contributed by atoms with Crippen molar-refractivity contribution in [3.05, 3.63) is 66.0 Å². The number of amides is 1. The van der Waals surface area contributed by atoms with Gasteiger partial charge in [-0.05, 0) is 36.2 Å². The van der Waals surface area contributed by atoms with Crippen molar-refractivity contribution in [2.75, 3.05) is 24.9 Å². The van der Waals surface area contributed by atoms with Crippen molar-refractivity contribution >= 4 is 23.2 Å². The van der Waals surface area contributed by atoms with Gasteiger partial charge in [-0.1, -0.05) is 19.1 Å². The highest BCUT2D eigenvalue weighted by Gasteiger charge is 2.10. The number of carbonyl (C=O) groups excluding carboxylic acids is 1. The van der Waals surface area contributed by atoms with E-state index in [4.69, 9.17) is 9.47 Å². The van der Waals surface area contributed by atoms with E-state index in [-0.39, 0.29) is 5.91 Å². The van der Waals surface area contributed by atoms with Gasteiger partial charge in [0.2, 0.25) is 5.95 Å². The molecule has 0 unspecified atom stereocenters. The van der Waals surface area contributed by atoms with Crippen molar-refractivity contribution in [3.63, 3.8) is 0 Å². The first-order valence-corrected chi connectivity index (χ1v) is 8.84. The molecule has 0 spiro atoms. The third kappa shape index (κ3) is 4.56. The van der Waals surface area contributed by atoms with Crippen LogP contribution in [0.1, 0.15) is 22.8 Å². The second-order valence-corrected chi connectivity index (χ2v) is 5.99. The van der Waals surface area contributed by atoms with Crippen LogP contribution >= 0.6 is 0 Å². The van der Waals surface area contributed by atoms with E-state index in [1.165, 1.54) is 18.0 Å². The van der Waals surface area contributed by atoms with Crippen molar-refractivity contribution in [2.45, 2.75) is 13.3 Å². The second kappa shape index (κ2) is 8.85. The molecule has 2 aromatic carbocycles. The van der Waals surface area contributed by atoms with Crippen molar-refractivity contribution in [1.29, 1.82) is 0 Å².